The molecule has 80 valence electrons. The van der Waals surface area contributed by atoms with Gasteiger partial charge in [-0.3, -0.25) is 0 Å². The highest BCUT2D eigenvalue weighted by Gasteiger charge is 2.32. The summed E-state index contributed by atoms with van der Waals surface area (Å²) in [6, 6.07) is 2.49. The zero-order valence-corrected chi connectivity index (χ0v) is 7.59. The molecule has 1 aromatic heterocycles. The number of hydrogen-bond donors (Lipinski definition) is 1. The van der Waals surface area contributed by atoms with Gasteiger partial charge in [0.25, 0.3) is 0 Å². The molecule has 4 nitrogen and oxygen atoms in total. The minimum atomic E-state index is -4.83. The highest BCUT2D eigenvalue weighted by Crippen LogP contribution is 2.25. The standard InChI is InChI=1S/C8H6F3N3O/c1-4-7(13)5(3-12)2-6(14-4)15-8(9,10)11/h2H,13H2,1H3. The molecule has 0 amide bonds. The average Bonchev–Trinajstić information content (AvgIpc) is 2.08. The first-order valence-electron chi connectivity index (χ1n) is 3.76. The van der Waals surface area contributed by atoms with Gasteiger partial charge in [0.05, 0.1) is 16.9 Å². The molecule has 0 atom stereocenters. The van der Waals surface area contributed by atoms with Crippen molar-refractivity contribution < 1.29 is 17.9 Å². The maximum Gasteiger partial charge on any atom is 0.574 e. The van der Waals surface area contributed by atoms with Gasteiger partial charge < -0.3 is 10.5 Å². The second kappa shape index (κ2) is 3.65. The lowest BCUT2D eigenvalue weighted by Crippen LogP contribution is -2.18. The van der Waals surface area contributed by atoms with Crippen LogP contribution in [0.25, 0.3) is 0 Å². The molecule has 0 unspecified atom stereocenters. The highest BCUT2D eigenvalue weighted by atomic mass is 19.4. The summed E-state index contributed by atoms with van der Waals surface area (Å²) in [7, 11) is 0. The Kier molecular flexibility index (Phi) is 2.70. The quantitative estimate of drug-likeness (QED) is 0.777. The fraction of sp³-hybridized carbons (Fsp3) is 0.250. The molecule has 0 fully saturated rings. The van der Waals surface area contributed by atoms with Crippen molar-refractivity contribution in [3.05, 3.63) is 17.3 Å². The summed E-state index contributed by atoms with van der Waals surface area (Å²) in [5.74, 6) is -0.689. The molecule has 0 aliphatic carbocycles. The fourth-order valence-corrected chi connectivity index (χ4v) is 0.917. The molecule has 1 rings (SSSR count). The molecule has 1 aromatic rings. The Labute approximate surface area is 83.1 Å². The molecule has 0 aromatic carbocycles. The van der Waals surface area contributed by atoms with Gasteiger partial charge >= 0.3 is 6.36 Å². The van der Waals surface area contributed by atoms with Crippen LogP contribution in [0.15, 0.2) is 6.07 Å². The third-order valence-electron chi connectivity index (χ3n) is 1.57. The molecule has 2 N–H and O–H groups in total. The number of aromatic nitrogens is 1. The number of rotatable bonds is 1. The van der Waals surface area contributed by atoms with Gasteiger partial charge in [0, 0.05) is 6.07 Å². The molecule has 7 heteroatoms. The van der Waals surface area contributed by atoms with E-state index in [9.17, 15) is 13.2 Å². The van der Waals surface area contributed by atoms with Crippen LogP contribution in [0.2, 0.25) is 0 Å². The van der Waals surface area contributed by atoms with E-state index in [-0.39, 0.29) is 16.9 Å². The van der Waals surface area contributed by atoms with Crippen LogP contribution in [-0.2, 0) is 0 Å². The summed E-state index contributed by atoms with van der Waals surface area (Å²) in [5, 5.41) is 8.57. The van der Waals surface area contributed by atoms with E-state index in [1.54, 1.807) is 6.07 Å². The summed E-state index contributed by atoms with van der Waals surface area (Å²) in [5.41, 5.74) is 5.48. The summed E-state index contributed by atoms with van der Waals surface area (Å²) < 4.78 is 39.1. The van der Waals surface area contributed by atoms with Gasteiger partial charge in [0.1, 0.15) is 6.07 Å². The number of ether oxygens (including phenoxy) is 1. The molecule has 0 aliphatic rings. The predicted octanol–water partition coefficient (Wildman–Crippen LogP) is 1.74. The van der Waals surface area contributed by atoms with E-state index in [1.807, 2.05) is 0 Å². The van der Waals surface area contributed by atoms with Crippen LogP contribution in [0.3, 0.4) is 0 Å². The molecule has 15 heavy (non-hydrogen) atoms. The Morgan fingerprint density at radius 1 is 1.53 bits per heavy atom. The molecule has 0 saturated carbocycles. The fourth-order valence-electron chi connectivity index (χ4n) is 0.917. The van der Waals surface area contributed by atoms with Gasteiger partial charge in [-0.2, -0.15) is 5.26 Å². The van der Waals surface area contributed by atoms with Crippen molar-refractivity contribution >= 4 is 5.69 Å². The molecule has 1 heterocycles. The Hall–Kier alpha value is -1.97. The number of halogens is 3. The molecule has 0 bridgehead atoms. The van der Waals surface area contributed by atoms with Crippen LogP contribution >= 0.6 is 0 Å². The number of nitrogens with two attached hydrogens (primary N) is 1. The smallest absolute Gasteiger partial charge is 0.396 e. The van der Waals surface area contributed by atoms with Crippen LogP contribution in [0.4, 0.5) is 18.9 Å². The van der Waals surface area contributed by atoms with Gasteiger partial charge in [0.2, 0.25) is 5.88 Å². The lowest BCUT2D eigenvalue weighted by molar-refractivity contribution is -0.276. The highest BCUT2D eigenvalue weighted by molar-refractivity contribution is 5.58. The van der Waals surface area contributed by atoms with Crippen LogP contribution in [0.1, 0.15) is 11.3 Å². The Morgan fingerprint density at radius 3 is 2.60 bits per heavy atom. The van der Waals surface area contributed by atoms with Gasteiger partial charge in [-0.1, -0.05) is 0 Å². The van der Waals surface area contributed by atoms with E-state index in [1.165, 1.54) is 6.92 Å². The van der Waals surface area contributed by atoms with Gasteiger partial charge in [-0.05, 0) is 6.92 Å². The van der Waals surface area contributed by atoms with E-state index in [0.717, 1.165) is 6.07 Å². The largest absolute Gasteiger partial charge is 0.574 e. The van der Waals surface area contributed by atoms with Crippen molar-refractivity contribution in [1.29, 1.82) is 5.26 Å². The van der Waals surface area contributed by atoms with E-state index < -0.39 is 12.2 Å². The van der Waals surface area contributed by atoms with Gasteiger partial charge in [-0.25, -0.2) is 4.98 Å². The zero-order chi connectivity index (χ0) is 11.6. The van der Waals surface area contributed by atoms with Crippen LogP contribution in [0, 0.1) is 18.3 Å². The van der Waals surface area contributed by atoms with Crippen LogP contribution in [0.5, 0.6) is 5.88 Å². The zero-order valence-electron chi connectivity index (χ0n) is 7.59. The molecule has 0 spiro atoms. The molecule has 0 aliphatic heterocycles. The average molecular weight is 217 g/mol. The Morgan fingerprint density at radius 2 is 2.13 bits per heavy atom. The number of anilines is 1. The monoisotopic (exact) mass is 217 g/mol. The summed E-state index contributed by atoms with van der Waals surface area (Å²) in [6.07, 6.45) is -4.83. The topological polar surface area (TPSA) is 71.9 Å². The number of nitrogens with zero attached hydrogens (tertiary/aromatic N) is 2. The number of nitrogen functional groups attached to an aromatic ring is 1. The lowest BCUT2D eigenvalue weighted by atomic mass is 10.2. The number of hydrogen-bond acceptors (Lipinski definition) is 4. The minimum Gasteiger partial charge on any atom is -0.396 e. The van der Waals surface area contributed by atoms with Crippen molar-refractivity contribution in [2.45, 2.75) is 13.3 Å². The van der Waals surface area contributed by atoms with Gasteiger partial charge in [-0.15, -0.1) is 13.2 Å². The maximum atomic E-state index is 11.8. The Balaban J connectivity index is 3.13. The third-order valence-corrected chi connectivity index (χ3v) is 1.57. The van der Waals surface area contributed by atoms with Crippen LogP contribution < -0.4 is 10.5 Å². The molecular formula is C8H6F3N3O. The van der Waals surface area contributed by atoms with E-state index in [0.29, 0.717) is 0 Å². The number of nitriles is 1. The minimum absolute atomic E-state index is 0.0482. The van der Waals surface area contributed by atoms with E-state index in [2.05, 4.69) is 9.72 Å². The van der Waals surface area contributed by atoms with Gasteiger partial charge in [0.15, 0.2) is 0 Å². The van der Waals surface area contributed by atoms with Crippen molar-refractivity contribution in [2.24, 2.45) is 0 Å². The number of aryl methyl sites for hydroxylation is 1. The number of alkyl halides is 3. The summed E-state index contributed by atoms with van der Waals surface area (Å²) in [4.78, 5) is 3.45. The number of pyridine rings is 1. The van der Waals surface area contributed by atoms with E-state index in [4.69, 9.17) is 11.0 Å². The van der Waals surface area contributed by atoms with Crippen molar-refractivity contribution in [3.63, 3.8) is 0 Å². The second-order valence-electron chi connectivity index (χ2n) is 2.67. The van der Waals surface area contributed by atoms with Crippen molar-refractivity contribution in [3.8, 4) is 11.9 Å². The third kappa shape index (κ3) is 2.74. The molecular weight excluding hydrogens is 211 g/mol. The van der Waals surface area contributed by atoms with Crippen molar-refractivity contribution in [1.82, 2.24) is 4.98 Å². The van der Waals surface area contributed by atoms with Crippen molar-refractivity contribution in [2.75, 3.05) is 5.73 Å². The second-order valence-corrected chi connectivity index (χ2v) is 2.67. The normalized spacial score (nSPS) is 10.9. The maximum absolute atomic E-state index is 11.8. The van der Waals surface area contributed by atoms with Crippen LogP contribution in [-0.4, -0.2) is 11.3 Å². The molecule has 0 saturated heterocycles. The summed E-state index contributed by atoms with van der Waals surface area (Å²) in [6.45, 7) is 1.39. The SMILES string of the molecule is Cc1nc(OC(F)(F)F)cc(C#N)c1N. The first-order chi connectivity index (χ1) is 6.83. The predicted molar refractivity (Wildman–Crippen MR) is 44.8 cm³/mol. The Bertz CT molecular complexity index is 422. The summed E-state index contributed by atoms with van der Waals surface area (Å²) >= 11 is 0. The lowest BCUT2D eigenvalue weighted by Gasteiger charge is -2.09. The first-order valence-corrected chi connectivity index (χ1v) is 3.76. The van der Waals surface area contributed by atoms with E-state index >= 15 is 0 Å². The first kappa shape index (κ1) is 11.1. The molecule has 0 radical (unpaired) electrons.